The van der Waals surface area contributed by atoms with E-state index in [0.29, 0.717) is 11.5 Å². The molecule has 0 spiro atoms. The van der Waals surface area contributed by atoms with E-state index in [1.807, 2.05) is 10.7 Å². The first-order chi connectivity index (χ1) is 10.2. The molecule has 0 saturated heterocycles. The third kappa shape index (κ3) is 2.72. The monoisotopic (exact) mass is 284 g/mol. The normalized spacial score (nSPS) is 14.0. The van der Waals surface area contributed by atoms with Gasteiger partial charge in [0, 0.05) is 23.4 Å². The van der Waals surface area contributed by atoms with E-state index >= 15 is 0 Å². The highest BCUT2D eigenvalue weighted by Gasteiger charge is 2.27. The van der Waals surface area contributed by atoms with Crippen LogP contribution in [0.15, 0.2) is 36.5 Å². The van der Waals surface area contributed by atoms with E-state index in [2.05, 4.69) is 5.10 Å². The Morgan fingerprint density at radius 1 is 1.24 bits per heavy atom. The van der Waals surface area contributed by atoms with E-state index in [0.717, 1.165) is 5.69 Å². The number of hydrogen-bond acceptors (Lipinski definition) is 4. The summed E-state index contributed by atoms with van der Waals surface area (Å²) in [5.74, 6) is -0.845. The Labute approximate surface area is 122 Å². The van der Waals surface area contributed by atoms with Crippen LogP contribution in [-0.4, -0.2) is 28.1 Å². The lowest BCUT2D eigenvalue weighted by Gasteiger charge is -2.07. The van der Waals surface area contributed by atoms with Crippen LogP contribution in [0.5, 0.6) is 0 Å². The summed E-state index contributed by atoms with van der Waals surface area (Å²) in [4.78, 5) is 23.2. The fourth-order valence-corrected chi connectivity index (χ4v) is 2.29. The van der Waals surface area contributed by atoms with Crippen LogP contribution in [0.1, 0.15) is 41.7 Å². The van der Waals surface area contributed by atoms with Gasteiger partial charge >= 0.3 is 5.97 Å². The van der Waals surface area contributed by atoms with Gasteiger partial charge in [0.05, 0.1) is 12.3 Å². The third-order valence-electron chi connectivity index (χ3n) is 3.50. The largest absolute Gasteiger partial charge is 0.460 e. The number of carbonyl (C=O) groups is 2. The number of nitrogens with zero attached hydrogens (tertiary/aromatic N) is 2. The number of benzene rings is 1. The predicted octanol–water partition coefficient (Wildman–Crippen LogP) is 2.50. The lowest BCUT2D eigenvalue weighted by atomic mass is 10.1. The Bertz CT molecular complexity index is 669. The molecule has 0 amide bonds. The van der Waals surface area contributed by atoms with E-state index in [1.165, 1.54) is 18.5 Å². The third-order valence-corrected chi connectivity index (χ3v) is 3.50. The van der Waals surface area contributed by atoms with Crippen molar-refractivity contribution < 1.29 is 14.3 Å². The molecule has 0 radical (unpaired) electrons. The maximum absolute atomic E-state index is 11.8. The first-order valence-electron chi connectivity index (χ1n) is 7.06. The molecule has 0 bridgehead atoms. The standard InChI is InChI=1S/C16H16N2O3/c1-2-21-16(20)15(19)12-5-7-13(8-6-12)18-14(9-10-17-18)11-3-4-11/h5-11H,2-4H2,1H3. The Hall–Kier alpha value is -2.43. The molecule has 1 heterocycles. The highest BCUT2D eigenvalue weighted by Crippen LogP contribution is 2.40. The zero-order valence-electron chi connectivity index (χ0n) is 11.8. The number of carbonyl (C=O) groups excluding carboxylic acids is 2. The maximum Gasteiger partial charge on any atom is 0.379 e. The lowest BCUT2D eigenvalue weighted by Crippen LogP contribution is -2.17. The van der Waals surface area contributed by atoms with E-state index < -0.39 is 11.8 Å². The number of hydrogen-bond donors (Lipinski definition) is 0. The van der Waals surface area contributed by atoms with Crippen molar-refractivity contribution >= 4 is 11.8 Å². The number of ketones is 1. The van der Waals surface area contributed by atoms with Gasteiger partial charge in [0.15, 0.2) is 0 Å². The molecule has 0 atom stereocenters. The molecule has 1 aromatic heterocycles. The summed E-state index contributed by atoms with van der Waals surface area (Å²) in [5, 5.41) is 4.33. The van der Waals surface area contributed by atoms with Gasteiger partial charge in [0.1, 0.15) is 0 Å². The zero-order chi connectivity index (χ0) is 14.8. The molecule has 108 valence electrons. The average molecular weight is 284 g/mol. The first kappa shape index (κ1) is 13.5. The van der Waals surface area contributed by atoms with Crippen molar-refractivity contribution in [2.24, 2.45) is 0 Å². The van der Waals surface area contributed by atoms with Gasteiger partial charge in [-0.2, -0.15) is 5.10 Å². The Morgan fingerprint density at radius 2 is 1.95 bits per heavy atom. The molecule has 0 unspecified atom stereocenters. The van der Waals surface area contributed by atoms with Crippen molar-refractivity contribution in [3.05, 3.63) is 47.8 Å². The van der Waals surface area contributed by atoms with E-state index in [9.17, 15) is 9.59 Å². The number of esters is 1. The van der Waals surface area contributed by atoms with Crippen LogP contribution in [0.25, 0.3) is 5.69 Å². The Morgan fingerprint density at radius 3 is 2.57 bits per heavy atom. The van der Waals surface area contributed by atoms with Crippen LogP contribution >= 0.6 is 0 Å². The quantitative estimate of drug-likeness (QED) is 0.481. The maximum atomic E-state index is 11.8. The summed E-state index contributed by atoms with van der Waals surface area (Å²) in [6, 6.07) is 8.88. The smallest absolute Gasteiger partial charge is 0.379 e. The van der Waals surface area contributed by atoms with Gasteiger partial charge in [0.2, 0.25) is 0 Å². The van der Waals surface area contributed by atoms with Crippen molar-refractivity contribution in [1.82, 2.24) is 9.78 Å². The number of Topliss-reactive ketones (excluding diaryl/α,β-unsaturated/α-hetero) is 1. The second-order valence-corrected chi connectivity index (χ2v) is 5.04. The van der Waals surface area contributed by atoms with Crippen molar-refractivity contribution in [1.29, 1.82) is 0 Å². The second kappa shape index (κ2) is 5.52. The summed E-state index contributed by atoms with van der Waals surface area (Å²) < 4.78 is 6.60. The summed E-state index contributed by atoms with van der Waals surface area (Å²) in [6.45, 7) is 1.87. The number of aromatic nitrogens is 2. The van der Waals surface area contributed by atoms with Crippen molar-refractivity contribution in [2.45, 2.75) is 25.7 Å². The summed E-state index contributed by atoms with van der Waals surface area (Å²) in [7, 11) is 0. The Kier molecular flexibility index (Phi) is 3.56. The molecule has 1 saturated carbocycles. The fourth-order valence-electron chi connectivity index (χ4n) is 2.29. The van der Waals surface area contributed by atoms with Crippen LogP contribution in [0, 0.1) is 0 Å². The molecule has 1 aliphatic carbocycles. The summed E-state index contributed by atoms with van der Waals surface area (Å²) in [6.07, 6.45) is 4.18. The molecular formula is C16H16N2O3. The molecule has 21 heavy (non-hydrogen) atoms. The summed E-state index contributed by atoms with van der Waals surface area (Å²) in [5.41, 5.74) is 2.42. The molecule has 3 rings (SSSR count). The number of rotatable bonds is 5. The van der Waals surface area contributed by atoms with Crippen molar-refractivity contribution in [2.75, 3.05) is 6.61 Å². The summed E-state index contributed by atoms with van der Waals surface area (Å²) >= 11 is 0. The predicted molar refractivity (Wildman–Crippen MR) is 76.5 cm³/mol. The molecule has 5 heteroatoms. The van der Waals surface area contributed by atoms with E-state index in [4.69, 9.17) is 4.74 Å². The van der Waals surface area contributed by atoms with Gasteiger partial charge in [-0.15, -0.1) is 0 Å². The van der Waals surface area contributed by atoms with Crippen LogP contribution in [0.4, 0.5) is 0 Å². The van der Waals surface area contributed by atoms with Crippen molar-refractivity contribution in [3.63, 3.8) is 0 Å². The van der Waals surface area contributed by atoms with E-state index in [-0.39, 0.29) is 6.61 Å². The minimum absolute atomic E-state index is 0.195. The lowest BCUT2D eigenvalue weighted by molar-refractivity contribution is -0.137. The first-order valence-corrected chi connectivity index (χ1v) is 7.06. The molecule has 1 aromatic carbocycles. The van der Waals surface area contributed by atoms with Gasteiger partial charge in [-0.05, 0) is 50.1 Å². The van der Waals surface area contributed by atoms with Gasteiger partial charge in [-0.3, -0.25) is 4.79 Å². The van der Waals surface area contributed by atoms with Crippen LogP contribution in [0.3, 0.4) is 0 Å². The average Bonchev–Trinajstić information content (AvgIpc) is 3.24. The molecule has 1 fully saturated rings. The SMILES string of the molecule is CCOC(=O)C(=O)c1ccc(-n2nccc2C2CC2)cc1. The second-order valence-electron chi connectivity index (χ2n) is 5.04. The zero-order valence-corrected chi connectivity index (χ0v) is 11.8. The molecule has 1 aliphatic rings. The van der Waals surface area contributed by atoms with Crippen LogP contribution in [0.2, 0.25) is 0 Å². The van der Waals surface area contributed by atoms with Crippen molar-refractivity contribution in [3.8, 4) is 5.69 Å². The molecule has 0 N–H and O–H groups in total. The molecule has 0 aliphatic heterocycles. The minimum Gasteiger partial charge on any atom is -0.460 e. The van der Waals surface area contributed by atoms with Crippen LogP contribution < -0.4 is 0 Å². The highest BCUT2D eigenvalue weighted by molar-refractivity contribution is 6.40. The molecule has 2 aromatic rings. The Balaban J connectivity index is 1.82. The van der Waals surface area contributed by atoms with E-state index in [1.54, 1.807) is 37.4 Å². The number of ether oxygens (including phenoxy) is 1. The van der Waals surface area contributed by atoms with Gasteiger partial charge in [-0.1, -0.05) is 0 Å². The fraction of sp³-hybridized carbons (Fsp3) is 0.312. The van der Waals surface area contributed by atoms with Gasteiger partial charge < -0.3 is 4.74 Å². The minimum atomic E-state index is -0.817. The topological polar surface area (TPSA) is 61.2 Å². The van der Waals surface area contributed by atoms with Gasteiger partial charge in [-0.25, -0.2) is 9.48 Å². The molecular weight excluding hydrogens is 268 g/mol. The van der Waals surface area contributed by atoms with Gasteiger partial charge in [0.25, 0.3) is 5.78 Å². The highest BCUT2D eigenvalue weighted by atomic mass is 16.5. The molecule has 5 nitrogen and oxygen atoms in total. The van der Waals surface area contributed by atoms with Crippen LogP contribution in [-0.2, 0) is 9.53 Å².